The summed E-state index contributed by atoms with van der Waals surface area (Å²) in [5.74, 6) is -0.309. The van der Waals surface area contributed by atoms with Crippen molar-refractivity contribution in [1.82, 2.24) is 14.5 Å². The van der Waals surface area contributed by atoms with Gasteiger partial charge in [-0.3, -0.25) is 4.79 Å². The third-order valence-electron chi connectivity index (χ3n) is 3.92. The van der Waals surface area contributed by atoms with Gasteiger partial charge in [0.2, 0.25) is 15.9 Å². The van der Waals surface area contributed by atoms with E-state index in [2.05, 4.69) is 10.2 Å². The number of nitrogens with zero attached hydrogens (tertiary/aromatic N) is 2. The minimum atomic E-state index is -3.56. The van der Waals surface area contributed by atoms with Crippen molar-refractivity contribution in [2.45, 2.75) is 24.4 Å². The van der Waals surface area contributed by atoms with Crippen LogP contribution in [-0.2, 0) is 21.4 Å². The van der Waals surface area contributed by atoms with E-state index in [-0.39, 0.29) is 42.2 Å². The Labute approximate surface area is 161 Å². The van der Waals surface area contributed by atoms with E-state index in [1.54, 1.807) is 31.2 Å². The molecule has 3 N–H and O–H groups in total. The fraction of sp³-hybridized carbons (Fsp3) is 0.533. The molecule has 1 aromatic rings. The molecule has 0 bridgehead atoms. The monoisotopic (exact) mass is 412 g/mol. The van der Waals surface area contributed by atoms with E-state index in [1.165, 1.54) is 4.31 Å². The number of nitrogens with one attached hydrogen (secondary N) is 1. The van der Waals surface area contributed by atoms with Crippen LogP contribution in [0.2, 0.25) is 0 Å². The predicted octanol–water partition coefficient (Wildman–Crippen LogP) is 0.430. The van der Waals surface area contributed by atoms with Crippen molar-refractivity contribution in [2.75, 3.05) is 33.2 Å². The molecule has 1 atom stereocenters. The second kappa shape index (κ2) is 10.3. The molecular formula is C15H26Cl2N4O3S. The Morgan fingerprint density at radius 3 is 2.32 bits per heavy atom. The maximum Gasteiger partial charge on any atom is 0.243 e. The largest absolute Gasteiger partial charge is 0.351 e. The predicted molar refractivity (Wildman–Crippen MR) is 103 cm³/mol. The van der Waals surface area contributed by atoms with Crippen molar-refractivity contribution in [1.29, 1.82) is 0 Å². The molecule has 0 aromatic heterocycles. The summed E-state index contributed by atoms with van der Waals surface area (Å²) in [6, 6.07) is 6.12. The second-order valence-corrected chi connectivity index (χ2v) is 7.73. The van der Waals surface area contributed by atoms with Gasteiger partial charge in [0.05, 0.1) is 10.9 Å². The van der Waals surface area contributed by atoms with Gasteiger partial charge in [-0.25, -0.2) is 8.42 Å². The van der Waals surface area contributed by atoms with E-state index in [4.69, 9.17) is 5.73 Å². The maximum absolute atomic E-state index is 12.9. The highest BCUT2D eigenvalue weighted by Gasteiger charge is 2.29. The second-order valence-electron chi connectivity index (χ2n) is 5.82. The van der Waals surface area contributed by atoms with Gasteiger partial charge in [-0.05, 0) is 25.6 Å². The van der Waals surface area contributed by atoms with Crippen LogP contribution in [0, 0.1) is 0 Å². The summed E-state index contributed by atoms with van der Waals surface area (Å²) in [4.78, 5) is 14.0. The van der Waals surface area contributed by atoms with Gasteiger partial charge in [0, 0.05) is 32.7 Å². The SMILES string of the molecule is C[C@@H](N)C(=O)NCc1ccccc1S(=O)(=O)N1CCN(C)CC1.Cl.Cl. The number of piperazine rings is 1. The van der Waals surface area contributed by atoms with E-state index in [0.717, 1.165) is 0 Å². The number of hydrogen-bond donors (Lipinski definition) is 2. The van der Waals surface area contributed by atoms with E-state index >= 15 is 0 Å². The number of likely N-dealkylation sites (N-methyl/N-ethyl adjacent to an activating group) is 1. The molecule has 10 heteroatoms. The fourth-order valence-corrected chi connectivity index (χ4v) is 4.06. The number of amides is 1. The number of rotatable bonds is 5. The lowest BCUT2D eigenvalue weighted by atomic mass is 10.2. The van der Waals surface area contributed by atoms with E-state index in [0.29, 0.717) is 31.7 Å². The number of carbonyl (C=O) groups excluding carboxylic acids is 1. The lowest BCUT2D eigenvalue weighted by Gasteiger charge is -2.32. The summed E-state index contributed by atoms with van der Waals surface area (Å²) >= 11 is 0. The van der Waals surface area contributed by atoms with Crippen molar-refractivity contribution in [3.8, 4) is 0 Å². The molecule has 0 spiro atoms. The zero-order valence-corrected chi connectivity index (χ0v) is 16.8. The fourth-order valence-electron chi connectivity index (χ4n) is 2.41. The molecule has 1 fully saturated rings. The summed E-state index contributed by atoms with van der Waals surface area (Å²) in [7, 11) is -1.59. The Morgan fingerprint density at radius 1 is 1.20 bits per heavy atom. The molecule has 0 saturated carbocycles. The number of nitrogens with two attached hydrogens (primary N) is 1. The van der Waals surface area contributed by atoms with Gasteiger partial charge >= 0.3 is 0 Å². The molecule has 0 unspecified atom stereocenters. The van der Waals surface area contributed by atoms with Gasteiger partial charge in [0.1, 0.15) is 0 Å². The molecule has 1 heterocycles. The molecule has 1 aliphatic heterocycles. The van der Waals surface area contributed by atoms with Crippen LogP contribution in [0.15, 0.2) is 29.2 Å². The standard InChI is InChI=1S/C15H24N4O3S.2ClH/c1-12(16)15(20)17-11-13-5-3-4-6-14(13)23(21,22)19-9-7-18(2)8-10-19;;/h3-6,12H,7-11,16H2,1-2H3,(H,17,20);2*1H/t12-;;/m1../s1. The number of halogens is 2. The zero-order valence-electron chi connectivity index (χ0n) is 14.3. The summed E-state index contributed by atoms with van der Waals surface area (Å²) in [5.41, 5.74) is 6.08. The zero-order chi connectivity index (χ0) is 17.0. The van der Waals surface area contributed by atoms with Crippen molar-refractivity contribution >= 4 is 40.7 Å². The lowest BCUT2D eigenvalue weighted by Crippen LogP contribution is -2.47. The van der Waals surface area contributed by atoms with Gasteiger partial charge in [-0.15, -0.1) is 24.8 Å². The molecule has 0 aliphatic carbocycles. The summed E-state index contributed by atoms with van der Waals surface area (Å²) in [6.45, 7) is 4.09. The average Bonchev–Trinajstić information content (AvgIpc) is 2.53. The highest BCUT2D eigenvalue weighted by molar-refractivity contribution is 7.89. The molecule has 25 heavy (non-hydrogen) atoms. The van der Waals surface area contributed by atoms with Gasteiger partial charge in [-0.2, -0.15) is 4.31 Å². The van der Waals surface area contributed by atoms with E-state index < -0.39 is 16.1 Å². The molecule has 1 aliphatic rings. The van der Waals surface area contributed by atoms with E-state index in [1.807, 2.05) is 7.05 Å². The Kier molecular flexibility index (Phi) is 9.93. The summed E-state index contributed by atoms with van der Waals surface area (Å²) in [5, 5.41) is 2.67. The molecule has 1 amide bonds. The summed E-state index contributed by atoms with van der Waals surface area (Å²) in [6.07, 6.45) is 0. The molecule has 2 rings (SSSR count). The summed E-state index contributed by atoms with van der Waals surface area (Å²) < 4.78 is 27.2. The molecule has 1 saturated heterocycles. The van der Waals surface area contributed by atoms with Crippen molar-refractivity contribution in [2.24, 2.45) is 5.73 Å². The quantitative estimate of drug-likeness (QED) is 0.730. The highest BCUT2D eigenvalue weighted by Crippen LogP contribution is 2.21. The van der Waals surface area contributed by atoms with Gasteiger partial charge in [0.15, 0.2) is 0 Å². The average molecular weight is 413 g/mol. The molecule has 7 nitrogen and oxygen atoms in total. The van der Waals surface area contributed by atoms with Crippen molar-refractivity contribution in [3.05, 3.63) is 29.8 Å². The van der Waals surface area contributed by atoms with Crippen LogP contribution in [-0.4, -0.2) is 62.8 Å². The van der Waals surface area contributed by atoms with Gasteiger partial charge in [-0.1, -0.05) is 18.2 Å². The van der Waals surface area contributed by atoms with Crippen LogP contribution >= 0.6 is 24.8 Å². The molecule has 0 radical (unpaired) electrons. The van der Waals surface area contributed by atoms with Gasteiger partial charge in [0.25, 0.3) is 0 Å². The van der Waals surface area contributed by atoms with Crippen LogP contribution in [0.4, 0.5) is 0 Å². The van der Waals surface area contributed by atoms with Crippen molar-refractivity contribution < 1.29 is 13.2 Å². The van der Waals surface area contributed by atoms with Crippen LogP contribution in [0.1, 0.15) is 12.5 Å². The Bertz CT molecular complexity index is 662. The first kappa shape index (κ1) is 24.1. The minimum Gasteiger partial charge on any atom is -0.351 e. The highest BCUT2D eigenvalue weighted by atomic mass is 35.5. The van der Waals surface area contributed by atoms with Crippen LogP contribution in [0.25, 0.3) is 0 Å². The first-order valence-electron chi connectivity index (χ1n) is 7.62. The Balaban J connectivity index is 0.00000288. The number of benzene rings is 1. The normalized spacial score (nSPS) is 17.1. The number of sulfonamides is 1. The molecule has 1 aromatic carbocycles. The third kappa shape index (κ3) is 6.09. The van der Waals surface area contributed by atoms with Crippen molar-refractivity contribution in [3.63, 3.8) is 0 Å². The topological polar surface area (TPSA) is 95.7 Å². The Morgan fingerprint density at radius 2 is 1.76 bits per heavy atom. The number of carbonyl (C=O) groups is 1. The van der Waals surface area contributed by atoms with Crippen LogP contribution < -0.4 is 11.1 Å². The van der Waals surface area contributed by atoms with Crippen LogP contribution in [0.5, 0.6) is 0 Å². The maximum atomic E-state index is 12.9. The molecular weight excluding hydrogens is 387 g/mol. The smallest absolute Gasteiger partial charge is 0.243 e. The lowest BCUT2D eigenvalue weighted by molar-refractivity contribution is -0.122. The third-order valence-corrected chi connectivity index (χ3v) is 5.92. The molecule has 144 valence electrons. The first-order chi connectivity index (χ1) is 10.8. The van der Waals surface area contributed by atoms with Gasteiger partial charge < -0.3 is 16.0 Å². The minimum absolute atomic E-state index is 0. The first-order valence-corrected chi connectivity index (χ1v) is 9.06. The Hall–Kier alpha value is -0.900. The number of hydrogen-bond acceptors (Lipinski definition) is 5. The van der Waals surface area contributed by atoms with Crippen LogP contribution in [0.3, 0.4) is 0 Å². The van der Waals surface area contributed by atoms with E-state index in [9.17, 15) is 13.2 Å².